The van der Waals surface area contributed by atoms with Crippen molar-refractivity contribution >= 4 is 22.9 Å². The van der Waals surface area contributed by atoms with Gasteiger partial charge in [0.2, 0.25) is 0 Å². The van der Waals surface area contributed by atoms with Crippen LogP contribution in [0.25, 0.3) is 22.9 Å². The van der Waals surface area contributed by atoms with E-state index in [4.69, 9.17) is 18.6 Å². The summed E-state index contributed by atoms with van der Waals surface area (Å²) in [5.41, 5.74) is 2.83. The highest BCUT2D eigenvalue weighted by molar-refractivity contribution is 5.83. The van der Waals surface area contributed by atoms with E-state index in [1.165, 1.54) is 17.2 Å². The molecule has 7 heteroatoms. The summed E-state index contributed by atoms with van der Waals surface area (Å²) in [6.45, 7) is -3.54. The van der Waals surface area contributed by atoms with Crippen molar-refractivity contribution < 1.29 is 22.4 Å². The van der Waals surface area contributed by atoms with Crippen LogP contribution in [0.5, 0.6) is 5.75 Å². The van der Waals surface area contributed by atoms with E-state index in [1.54, 1.807) is 19.2 Å². The number of benzene rings is 2. The summed E-state index contributed by atoms with van der Waals surface area (Å²) < 4.78 is 62.8. The first kappa shape index (κ1) is 17.2. The van der Waals surface area contributed by atoms with Gasteiger partial charge < -0.3 is 14.4 Å². The lowest BCUT2D eigenvalue weighted by Crippen LogP contribution is -2.32. The van der Waals surface area contributed by atoms with Gasteiger partial charge in [-0.25, -0.2) is 4.98 Å². The highest BCUT2D eigenvalue weighted by Gasteiger charge is 2.35. The van der Waals surface area contributed by atoms with E-state index in [0.29, 0.717) is 33.9 Å². The number of aromatic nitrogens is 2. The fourth-order valence-electron chi connectivity index (χ4n) is 4.26. The second-order valence-corrected chi connectivity index (χ2v) is 7.86. The van der Waals surface area contributed by atoms with Crippen molar-refractivity contribution in [2.45, 2.75) is 38.5 Å². The number of hydrogen-bond donors (Lipinski definition) is 0. The minimum atomic E-state index is -3.02. The average Bonchev–Trinajstić information content (AvgIpc) is 3.26. The van der Waals surface area contributed by atoms with Crippen molar-refractivity contribution in [1.29, 1.82) is 0 Å². The molecule has 0 spiro atoms. The lowest BCUT2D eigenvalue weighted by atomic mass is 10.1. The molecule has 0 unspecified atom stereocenters. The fourth-order valence-corrected chi connectivity index (χ4v) is 4.26. The number of nitrogens with zero attached hydrogens (tertiary/aromatic N) is 3. The maximum absolute atomic E-state index is 13.3. The SMILES string of the molecule is [2H]C([2H])([2H])N1C=c2cccc(OC(F)F)c2=C2C[C@@H]1c1nc3ccc(C#CC[C@@H](C)OC)cc3n12. The first-order valence-corrected chi connectivity index (χ1v) is 10.3. The van der Waals surface area contributed by atoms with Crippen LogP contribution in [-0.4, -0.2) is 41.3 Å². The molecule has 2 aliphatic rings. The van der Waals surface area contributed by atoms with E-state index in [2.05, 4.69) is 11.8 Å². The number of ether oxygens (including phenoxy) is 2. The maximum Gasteiger partial charge on any atom is 0.387 e. The Labute approximate surface area is 188 Å². The Kier molecular flexibility index (Phi) is 4.28. The Morgan fingerprint density at radius 2 is 2.19 bits per heavy atom. The number of alkyl halides is 2. The zero-order chi connectivity index (χ0) is 24.9. The van der Waals surface area contributed by atoms with Gasteiger partial charge in [-0.2, -0.15) is 8.78 Å². The summed E-state index contributed by atoms with van der Waals surface area (Å²) in [6.07, 6.45) is 2.36. The van der Waals surface area contributed by atoms with Crippen molar-refractivity contribution in [1.82, 2.24) is 14.5 Å². The number of imidazole rings is 1. The van der Waals surface area contributed by atoms with Gasteiger partial charge in [-0.1, -0.05) is 24.0 Å². The molecule has 5 rings (SSSR count). The van der Waals surface area contributed by atoms with Gasteiger partial charge in [-0.05, 0) is 31.2 Å². The molecule has 2 bridgehead atoms. The predicted octanol–water partition coefficient (Wildman–Crippen LogP) is 3.20. The number of fused-ring (bicyclic) bond motifs is 8. The van der Waals surface area contributed by atoms with E-state index in [1.807, 2.05) is 29.7 Å². The molecule has 0 saturated carbocycles. The van der Waals surface area contributed by atoms with Gasteiger partial charge in [-0.15, -0.1) is 0 Å². The molecule has 0 aliphatic carbocycles. The minimum Gasteiger partial charge on any atom is -0.434 e. The zero-order valence-electron chi connectivity index (χ0n) is 20.6. The first-order valence-electron chi connectivity index (χ1n) is 11.8. The van der Waals surface area contributed by atoms with Crippen LogP contribution in [0.2, 0.25) is 0 Å². The largest absolute Gasteiger partial charge is 0.434 e. The molecular formula is C25H23F2N3O2. The lowest BCUT2D eigenvalue weighted by molar-refractivity contribution is -0.0505. The van der Waals surface area contributed by atoms with Gasteiger partial charge in [0, 0.05) is 58.9 Å². The molecule has 3 heterocycles. The summed E-state index contributed by atoms with van der Waals surface area (Å²) in [5, 5.41) is 0.932. The Morgan fingerprint density at radius 3 is 2.97 bits per heavy atom. The summed E-state index contributed by atoms with van der Waals surface area (Å²) in [7, 11) is 1.63. The van der Waals surface area contributed by atoms with Gasteiger partial charge in [0.1, 0.15) is 11.6 Å². The number of hydrogen-bond acceptors (Lipinski definition) is 4. The molecule has 3 aromatic rings. The summed E-state index contributed by atoms with van der Waals surface area (Å²) >= 11 is 0. The number of rotatable bonds is 4. The molecule has 0 saturated heterocycles. The Hall–Kier alpha value is -3.37. The van der Waals surface area contributed by atoms with Crippen molar-refractivity contribution in [3.05, 3.63) is 58.2 Å². The van der Waals surface area contributed by atoms with Crippen LogP contribution in [0.3, 0.4) is 0 Å². The molecule has 5 nitrogen and oxygen atoms in total. The van der Waals surface area contributed by atoms with Crippen LogP contribution >= 0.6 is 0 Å². The lowest BCUT2D eigenvalue weighted by Gasteiger charge is -2.20. The Morgan fingerprint density at radius 1 is 1.31 bits per heavy atom. The van der Waals surface area contributed by atoms with Crippen LogP contribution in [0, 0.1) is 11.8 Å². The molecule has 0 radical (unpaired) electrons. The van der Waals surface area contributed by atoms with Crippen LogP contribution in [-0.2, 0) is 4.74 Å². The molecule has 2 atom stereocenters. The maximum atomic E-state index is 13.3. The second kappa shape index (κ2) is 7.95. The Bertz CT molecular complexity index is 1490. The topological polar surface area (TPSA) is 39.5 Å². The molecule has 0 fully saturated rings. The van der Waals surface area contributed by atoms with E-state index < -0.39 is 19.6 Å². The monoisotopic (exact) mass is 438 g/mol. The van der Waals surface area contributed by atoms with Crippen LogP contribution in [0.1, 0.15) is 41.3 Å². The minimum absolute atomic E-state index is 0.00547. The third-order valence-corrected chi connectivity index (χ3v) is 5.84. The standard InChI is InChI=1S/C25H23F2N3O2/c1-15(31-3)6-4-7-16-10-11-18-19(12-16)30-20-13-21(24(30)28-18)29(2)14-17-8-5-9-22(23(17)20)32-25(26)27/h5,8-12,14-15,21,25H,6,13H2,1-3H3/t15-,21-/m1/s1/i2D3. The molecule has 2 aliphatic heterocycles. The van der Waals surface area contributed by atoms with E-state index >= 15 is 0 Å². The predicted molar refractivity (Wildman–Crippen MR) is 118 cm³/mol. The Balaban J connectivity index is 1.78. The first-order chi connectivity index (χ1) is 16.7. The zero-order valence-corrected chi connectivity index (χ0v) is 17.6. The van der Waals surface area contributed by atoms with Gasteiger partial charge in [-0.3, -0.25) is 4.57 Å². The molecule has 1 aromatic heterocycles. The van der Waals surface area contributed by atoms with Crippen molar-refractivity contribution in [3.63, 3.8) is 0 Å². The van der Waals surface area contributed by atoms with E-state index in [0.717, 1.165) is 11.1 Å². The van der Waals surface area contributed by atoms with Gasteiger partial charge in [0.05, 0.1) is 23.2 Å². The normalized spacial score (nSPS) is 19.2. The average molecular weight is 438 g/mol. The summed E-state index contributed by atoms with van der Waals surface area (Å²) in [4.78, 5) is 6.02. The van der Waals surface area contributed by atoms with Crippen molar-refractivity contribution in [2.75, 3.05) is 14.1 Å². The number of methoxy groups -OCH3 is 1. The number of halogens is 2. The summed E-state index contributed by atoms with van der Waals surface area (Å²) in [5.74, 6) is 6.77. The third kappa shape index (κ3) is 3.41. The van der Waals surface area contributed by atoms with Gasteiger partial charge in [0.25, 0.3) is 0 Å². The molecular weight excluding hydrogens is 412 g/mol. The quantitative estimate of drug-likeness (QED) is 0.587. The molecule has 32 heavy (non-hydrogen) atoms. The van der Waals surface area contributed by atoms with E-state index in [9.17, 15) is 8.78 Å². The van der Waals surface area contributed by atoms with E-state index in [-0.39, 0.29) is 18.3 Å². The van der Waals surface area contributed by atoms with Crippen LogP contribution in [0.15, 0.2) is 36.4 Å². The van der Waals surface area contributed by atoms with Crippen LogP contribution < -0.4 is 15.2 Å². The van der Waals surface area contributed by atoms with Crippen LogP contribution in [0.4, 0.5) is 8.78 Å². The molecule has 0 N–H and O–H groups in total. The van der Waals surface area contributed by atoms with Crippen molar-refractivity contribution in [3.8, 4) is 17.6 Å². The highest BCUT2D eigenvalue weighted by atomic mass is 19.3. The third-order valence-electron chi connectivity index (χ3n) is 5.84. The molecule has 2 aromatic carbocycles. The fraction of sp³-hybridized carbons (Fsp3) is 0.320. The molecule has 0 amide bonds. The molecule has 164 valence electrons. The second-order valence-electron chi connectivity index (χ2n) is 7.86. The van der Waals surface area contributed by atoms with Gasteiger partial charge >= 0.3 is 6.61 Å². The highest BCUT2D eigenvalue weighted by Crippen LogP contribution is 2.40. The summed E-state index contributed by atoms with van der Waals surface area (Å²) in [6, 6.07) is 9.74. The van der Waals surface area contributed by atoms with Gasteiger partial charge in [0.15, 0.2) is 0 Å². The van der Waals surface area contributed by atoms with Crippen molar-refractivity contribution in [2.24, 2.45) is 0 Å². The smallest absolute Gasteiger partial charge is 0.387 e.